The second kappa shape index (κ2) is 8.54. The lowest BCUT2D eigenvalue weighted by Gasteiger charge is -2.41. The number of esters is 1. The summed E-state index contributed by atoms with van der Waals surface area (Å²) in [5.41, 5.74) is 14.1. The second-order valence-corrected chi connectivity index (χ2v) is 7.01. The fourth-order valence-corrected chi connectivity index (χ4v) is 3.98. The average Bonchev–Trinajstić information content (AvgIpc) is 3.43. The van der Waals surface area contributed by atoms with Crippen molar-refractivity contribution in [3.05, 3.63) is 46.3 Å². The minimum absolute atomic E-state index is 0.113. The van der Waals surface area contributed by atoms with Crippen molar-refractivity contribution in [2.75, 3.05) is 19.7 Å². The summed E-state index contributed by atoms with van der Waals surface area (Å²) in [5.74, 6) is -0.195. The molecule has 26 heavy (non-hydrogen) atoms. The number of nitrogens with zero attached hydrogens (tertiary/aromatic N) is 5. The number of carbonyl (C=O) groups is 1. The van der Waals surface area contributed by atoms with Gasteiger partial charge >= 0.3 is 5.97 Å². The van der Waals surface area contributed by atoms with E-state index in [1.807, 2.05) is 25.1 Å². The molecule has 1 aliphatic carbocycles. The molecule has 1 aromatic rings. The Morgan fingerprint density at radius 2 is 2.19 bits per heavy atom. The summed E-state index contributed by atoms with van der Waals surface area (Å²) in [6.07, 6.45) is 4.13. The molecule has 1 heterocycles. The monoisotopic (exact) mass is 356 g/mol. The lowest BCUT2D eigenvalue weighted by atomic mass is 9.68. The Morgan fingerprint density at radius 3 is 2.92 bits per heavy atom. The molecule has 4 atom stereocenters. The van der Waals surface area contributed by atoms with E-state index in [0.717, 1.165) is 32.2 Å². The molecular weight excluding hydrogens is 330 g/mol. The first-order chi connectivity index (χ1) is 12.7. The van der Waals surface area contributed by atoms with E-state index in [4.69, 9.17) is 15.7 Å². The van der Waals surface area contributed by atoms with E-state index >= 15 is 0 Å². The lowest BCUT2D eigenvalue weighted by Crippen LogP contribution is -2.51. The second-order valence-electron chi connectivity index (χ2n) is 7.01. The molecule has 4 unspecified atom stereocenters. The summed E-state index contributed by atoms with van der Waals surface area (Å²) in [5, 5.41) is 5.74. The quantitative estimate of drug-likeness (QED) is 0.233. The van der Waals surface area contributed by atoms with Crippen LogP contribution in [0.4, 0.5) is 0 Å². The first-order valence-corrected chi connectivity index (χ1v) is 9.41. The highest BCUT2D eigenvalue weighted by molar-refractivity contribution is 5.78. The zero-order valence-electron chi connectivity index (χ0n) is 15.3. The van der Waals surface area contributed by atoms with Crippen LogP contribution in [0.25, 0.3) is 10.4 Å². The fourth-order valence-electron chi connectivity index (χ4n) is 3.98. The number of rotatable bonds is 8. The normalized spacial score (nSPS) is 30.3. The summed E-state index contributed by atoms with van der Waals surface area (Å²) in [6.45, 7) is 3.36. The summed E-state index contributed by atoms with van der Waals surface area (Å²) < 4.78 is 5.41. The number of hydrogen-bond donors (Lipinski definition) is 0. The molecule has 1 radical (unpaired) electrons. The Balaban J connectivity index is 1.73. The zero-order chi connectivity index (χ0) is 18.4. The standard InChI is InChI=1S/C19H26N5O2/c1-2-26-18(25)19(12-13-21-23-20)11-7-6-10-17(19)22-24-14-16(24)15-8-4-3-5-9-15/h3-5,8-9,16-17H,2,6-7,10-14H2,1H3. The average molecular weight is 356 g/mol. The zero-order valence-corrected chi connectivity index (χ0v) is 15.3. The summed E-state index contributed by atoms with van der Waals surface area (Å²) >= 11 is 0. The predicted molar refractivity (Wildman–Crippen MR) is 98.0 cm³/mol. The topological polar surface area (TPSA) is 92.2 Å². The van der Waals surface area contributed by atoms with Gasteiger partial charge in [-0.15, -0.1) is 0 Å². The van der Waals surface area contributed by atoms with Gasteiger partial charge in [-0.25, -0.2) is 5.01 Å². The number of ether oxygens (including phenoxy) is 1. The summed E-state index contributed by atoms with van der Waals surface area (Å²) in [4.78, 5) is 15.7. The van der Waals surface area contributed by atoms with Crippen LogP contribution < -0.4 is 5.43 Å². The van der Waals surface area contributed by atoms with E-state index in [-0.39, 0.29) is 12.0 Å². The molecule has 1 saturated carbocycles. The molecule has 0 spiro atoms. The molecule has 2 fully saturated rings. The van der Waals surface area contributed by atoms with Crippen molar-refractivity contribution in [3.8, 4) is 0 Å². The van der Waals surface area contributed by atoms with E-state index in [2.05, 4.69) is 27.2 Å². The van der Waals surface area contributed by atoms with Crippen LogP contribution in [0.5, 0.6) is 0 Å². The Hall–Kier alpha value is -2.08. The van der Waals surface area contributed by atoms with Gasteiger partial charge in [-0.3, -0.25) is 4.79 Å². The maximum atomic E-state index is 12.8. The summed E-state index contributed by atoms with van der Waals surface area (Å²) in [7, 11) is 0. The van der Waals surface area contributed by atoms with E-state index in [9.17, 15) is 4.79 Å². The van der Waals surface area contributed by atoms with Crippen molar-refractivity contribution in [2.45, 2.75) is 51.1 Å². The first-order valence-electron chi connectivity index (χ1n) is 9.41. The molecule has 1 aromatic carbocycles. The van der Waals surface area contributed by atoms with Crippen molar-refractivity contribution in [1.29, 1.82) is 0 Å². The molecule has 3 rings (SSSR count). The van der Waals surface area contributed by atoms with Gasteiger partial charge in [-0.05, 0) is 37.3 Å². The molecule has 0 aromatic heterocycles. The van der Waals surface area contributed by atoms with Crippen LogP contribution in [0, 0.1) is 5.41 Å². The SMILES string of the molecule is CCOC(=O)C1(CCN=[N+]=[N-])CCCCC1[N]N1CC1c1ccccc1. The minimum Gasteiger partial charge on any atom is -0.466 e. The van der Waals surface area contributed by atoms with Crippen molar-refractivity contribution in [3.63, 3.8) is 0 Å². The predicted octanol–water partition coefficient (Wildman–Crippen LogP) is 3.76. The van der Waals surface area contributed by atoms with Crippen LogP contribution >= 0.6 is 0 Å². The maximum Gasteiger partial charge on any atom is 0.313 e. The Bertz CT molecular complexity index is 661. The van der Waals surface area contributed by atoms with Crippen molar-refractivity contribution in [2.24, 2.45) is 10.5 Å². The largest absolute Gasteiger partial charge is 0.466 e. The molecule has 0 bridgehead atoms. The fraction of sp³-hybridized carbons (Fsp3) is 0.632. The molecule has 1 aliphatic heterocycles. The molecule has 0 amide bonds. The van der Waals surface area contributed by atoms with Gasteiger partial charge in [0.15, 0.2) is 0 Å². The third-order valence-electron chi connectivity index (χ3n) is 5.45. The van der Waals surface area contributed by atoms with Crippen LogP contribution in [0.1, 0.15) is 50.6 Å². The van der Waals surface area contributed by atoms with Gasteiger partial charge in [0, 0.05) is 18.0 Å². The van der Waals surface area contributed by atoms with Crippen LogP contribution in [0.15, 0.2) is 35.4 Å². The van der Waals surface area contributed by atoms with Crippen molar-refractivity contribution >= 4 is 5.97 Å². The van der Waals surface area contributed by atoms with Crippen LogP contribution in [0.2, 0.25) is 0 Å². The molecular formula is C19H26N5O2. The number of azide groups is 1. The highest BCUT2D eigenvalue weighted by atomic mass is 16.5. The van der Waals surface area contributed by atoms with Crippen molar-refractivity contribution in [1.82, 2.24) is 10.4 Å². The minimum atomic E-state index is -0.674. The number of benzene rings is 1. The highest BCUT2D eigenvalue weighted by Gasteiger charge is 2.51. The van der Waals surface area contributed by atoms with E-state index < -0.39 is 5.41 Å². The van der Waals surface area contributed by atoms with Gasteiger partial charge < -0.3 is 4.74 Å². The smallest absolute Gasteiger partial charge is 0.313 e. The van der Waals surface area contributed by atoms with Gasteiger partial charge in [0.1, 0.15) is 0 Å². The molecule has 1 saturated heterocycles. The van der Waals surface area contributed by atoms with Gasteiger partial charge in [-0.2, -0.15) is 5.43 Å². The number of hydrogen-bond acceptors (Lipinski definition) is 4. The van der Waals surface area contributed by atoms with E-state index in [0.29, 0.717) is 25.6 Å². The van der Waals surface area contributed by atoms with E-state index in [1.165, 1.54) is 5.56 Å². The Morgan fingerprint density at radius 1 is 1.38 bits per heavy atom. The third kappa shape index (κ3) is 4.01. The Kier molecular flexibility index (Phi) is 6.14. The number of carbonyl (C=O) groups excluding carboxylic acids is 1. The summed E-state index contributed by atoms with van der Waals surface area (Å²) in [6, 6.07) is 10.5. The van der Waals surface area contributed by atoms with Crippen molar-refractivity contribution < 1.29 is 9.53 Å². The molecule has 0 N–H and O–H groups in total. The highest BCUT2D eigenvalue weighted by Crippen LogP contribution is 2.44. The molecule has 139 valence electrons. The lowest BCUT2D eigenvalue weighted by molar-refractivity contribution is -0.161. The van der Waals surface area contributed by atoms with Gasteiger partial charge in [0.25, 0.3) is 0 Å². The van der Waals surface area contributed by atoms with Crippen LogP contribution in [-0.4, -0.2) is 36.7 Å². The first kappa shape index (κ1) is 18.7. The third-order valence-corrected chi connectivity index (χ3v) is 5.45. The van der Waals surface area contributed by atoms with E-state index in [1.54, 1.807) is 0 Å². The van der Waals surface area contributed by atoms with Crippen LogP contribution in [-0.2, 0) is 9.53 Å². The van der Waals surface area contributed by atoms with Crippen LogP contribution in [0.3, 0.4) is 0 Å². The van der Waals surface area contributed by atoms with Gasteiger partial charge in [0.2, 0.25) is 0 Å². The molecule has 7 heteroatoms. The Labute approximate surface area is 154 Å². The maximum absolute atomic E-state index is 12.8. The van der Waals surface area contributed by atoms with Gasteiger partial charge in [-0.1, -0.05) is 48.3 Å². The molecule has 7 nitrogen and oxygen atoms in total. The molecule has 2 aliphatic rings. The van der Waals surface area contributed by atoms with Gasteiger partial charge in [0.05, 0.1) is 24.1 Å².